The van der Waals surface area contributed by atoms with Crippen LogP contribution in [0.25, 0.3) is 0 Å². The van der Waals surface area contributed by atoms with E-state index in [9.17, 15) is 9.70 Å². The lowest BCUT2D eigenvalue weighted by molar-refractivity contribution is -0.381. The standard InChI is InChI=1S/C11H11NO5/c1-15-11(13)7-2-3-9(12-14)10(4-7)17-8-5-16-6-8/h2-4,8H,5-6H2,1H3/p+1. The van der Waals surface area contributed by atoms with E-state index in [0.29, 0.717) is 24.5 Å². The van der Waals surface area contributed by atoms with Gasteiger partial charge in [0, 0.05) is 22.2 Å². The third-order valence-electron chi connectivity index (χ3n) is 2.41. The van der Waals surface area contributed by atoms with Crippen LogP contribution in [0.1, 0.15) is 10.4 Å². The number of rotatable bonds is 4. The lowest BCUT2D eigenvalue weighted by atomic mass is 10.2. The van der Waals surface area contributed by atoms with Crippen LogP contribution in [0.5, 0.6) is 5.75 Å². The first-order valence-corrected chi connectivity index (χ1v) is 5.09. The van der Waals surface area contributed by atoms with Gasteiger partial charge in [0.25, 0.3) is 5.69 Å². The maximum atomic E-state index is 11.3. The van der Waals surface area contributed by atoms with Gasteiger partial charge in [-0.1, -0.05) is 0 Å². The number of benzene rings is 1. The van der Waals surface area contributed by atoms with Crippen molar-refractivity contribution in [2.45, 2.75) is 6.10 Å². The molecular formula is C11H12NO5+. The normalized spacial score (nSPS) is 14.9. The van der Waals surface area contributed by atoms with Gasteiger partial charge in [0.15, 0.2) is 5.75 Å². The second-order valence-electron chi connectivity index (χ2n) is 3.58. The number of nitrogens with one attached hydrogen (secondary N) is 1. The highest BCUT2D eigenvalue weighted by molar-refractivity contribution is 5.90. The Balaban J connectivity index is 2.25. The number of hydrogen-bond donors (Lipinski definition) is 1. The molecule has 6 heteroatoms. The molecule has 0 aliphatic carbocycles. The Kier molecular flexibility index (Phi) is 3.34. The number of carbonyl (C=O) groups is 1. The molecule has 0 saturated carbocycles. The molecule has 1 heterocycles. The van der Waals surface area contributed by atoms with Crippen LogP contribution in [0.2, 0.25) is 0 Å². The zero-order valence-corrected chi connectivity index (χ0v) is 9.26. The fourth-order valence-electron chi connectivity index (χ4n) is 1.41. The minimum atomic E-state index is -0.475. The predicted molar refractivity (Wildman–Crippen MR) is 57.0 cm³/mol. The maximum absolute atomic E-state index is 11.3. The van der Waals surface area contributed by atoms with Crippen LogP contribution < -0.4 is 9.91 Å². The van der Waals surface area contributed by atoms with Gasteiger partial charge in [-0.05, 0) is 6.07 Å². The molecule has 2 rings (SSSR count). The van der Waals surface area contributed by atoms with E-state index in [4.69, 9.17) is 9.47 Å². The van der Waals surface area contributed by atoms with Crippen LogP contribution in [0.3, 0.4) is 0 Å². The highest BCUT2D eigenvalue weighted by atomic mass is 16.6. The largest absolute Gasteiger partial charge is 0.479 e. The van der Waals surface area contributed by atoms with E-state index in [1.165, 1.54) is 25.3 Å². The van der Waals surface area contributed by atoms with Gasteiger partial charge in [0.2, 0.25) is 0 Å². The molecule has 1 aromatic rings. The van der Waals surface area contributed by atoms with Gasteiger partial charge < -0.3 is 14.2 Å². The summed E-state index contributed by atoms with van der Waals surface area (Å²) in [6.07, 6.45) is -0.0741. The van der Waals surface area contributed by atoms with Crippen molar-refractivity contribution in [3.8, 4) is 5.75 Å². The van der Waals surface area contributed by atoms with Gasteiger partial charge in [0.1, 0.15) is 6.10 Å². The average Bonchev–Trinajstić information content (AvgIpc) is 2.32. The Morgan fingerprint density at radius 1 is 1.47 bits per heavy atom. The molecule has 1 aliphatic heterocycles. The molecule has 0 radical (unpaired) electrons. The third kappa shape index (κ3) is 2.42. The minimum Gasteiger partial charge on any atom is -0.479 e. The number of esters is 1. The summed E-state index contributed by atoms with van der Waals surface area (Å²) in [7, 11) is 1.29. The molecule has 1 aliphatic rings. The van der Waals surface area contributed by atoms with Gasteiger partial charge in [-0.25, -0.2) is 4.79 Å². The predicted octanol–water partition coefficient (Wildman–Crippen LogP) is -0.271. The Bertz CT molecular complexity index is 441. The number of ether oxygens (including phenoxy) is 3. The molecule has 1 saturated heterocycles. The fraction of sp³-hybridized carbons (Fsp3) is 0.364. The van der Waals surface area contributed by atoms with Crippen molar-refractivity contribution in [2.24, 2.45) is 0 Å². The van der Waals surface area contributed by atoms with E-state index in [-0.39, 0.29) is 11.8 Å². The summed E-state index contributed by atoms with van der Waals surface area (Å²) in [5.41, 5.74) is 0.617. The Morgan fingerprint density at radius 2 is 2.24 bits per heavy atom. The zero-order chi connectivity index (χ0) is 12.3. The van der Waals surface area contributed by atoms with E-state index in [1.54, 1.807) is 5.18 Å². The van der Waals surface area contributed by atoms with Crippen molar-refractivity contribution >= 4 is 11.7 Å². The van der Waals surface area contributed by atoms with Crippen molar-refractivity contribution in [3.05, 3.63) is 28.7 Å². The molecule has 6 nitrogen and oxygen atoms in total. The first-order valence-electron chi connectivity index (χ1n) is 5.09. The monoisotopic (exact) mass is 238 g/mol. The van der Waals surface area contributed by atoms with Crippen molar-refractivity contribution in [2.75, 3.05) is 20.3 Å². The molecule has 90 valence electrons. The summed E-state index contributed by atoms with van der Waals surface area (Å²) in [6, 6.07) is 4.45. The summed E-state index contributed by atoms with van der Waals surface area (Å²) in [5, 5.41) is 1.77. The lowest BCUT2D eigenvalue weighted by Crippen LogP contribution is -2.56. The van der Waals surface area contributed by atoms with Crippen molar-refractivity contribution in [1.82, 2.24) is 0 Å². The van der Waals surface area contributed by atoms with Crippen molar-refractivity contribution < 1.29 is 24.2 Å². The summed E-state index contributed by atoms with van der Waals surface area (Å²) in [4.78, 5) is 22.0. The molecule has 0 spiro atoms. The average molecular weight is 238 g/mol. The van der Waals surface area contributed by atoms with Crippen molar-refractivity contribution in [3.63, 3.8) is 0 Å². The molecule has 0 bridgehead atoms. The van der Waals surface area contributed by atoms with E-state index in [0.717, 1.165) is 0 Å². The lowest BCUT2D eigenvalue weighted by Gasteiger charge is -2.26. The molecule has 1 N–H and O–H groups in total. The van der Waals surface area contributed by atoms with Crippen LogP contribution >= 0.6 is 0 Å². The third-order valence-corrected chi connectivity index (χ3v) is 2.41. The summed E-state index contributed by atoms with van der Waals surface area (Å²) >= 11 is 0. The van der Waals surface area contributed by atoms with Crippen LogP contribution in [0.15, 0.2) is 18.2 Å². The van der Waals surface area contributed by atoms with Gasteiger partial charge >= 0.3 is 5.97 Å². The second kappa shape index (κ2) is 4.92. The summed E-state index contributed by atoms with van der Waals surface area (Å²) in [6.45, 7) is 0.974. The van der Waals surface area contributed by atoms with Gasteiger partial charge in [-0.2, -0.15) is 0 Å². The number of hydrogen-bond acceptors (Lipinski definition) is 5. The van der Waals surface area contributed by atoms with Gasteiger partial charge in [0.05, 0.1) is 25.9 Å². The van der Waals surface area contributed by atoms with E-state index >= 15 is 0 Å². The Hall–Kier alpha value is -1.95. The van der Waals surface area contributed by atoms with Gasteiger partial charge in [-0.15, -0.1) is 0 Å². The topological polar surface area (TPSA) is 75.8 Å². The van der Waals surface area contributed by atoms with Crippen LogP contribution in [-0.4, -0.2) is 32.4 Å². The minimum absolute atomic E-state index is 0.0741. The first kappa shape index (κ1) is 11.5. The Labute approximate surface area is 97.4 Å². The second-order valence-corrected chi connectivity index (χ2v) is 3.58. The molecule has 0 unspecified atom stereocenters. The van der Waals surface area contributed by atoms with E-state index < -0.39 is 5.97 Å². The molecule has 0 amide bonds. The molecule has 0 aromatic heterocycles. The quantitative estimate of drug-likeness (QED) is 0.731. The molecule has 0 atom stereocenters. The summed E-state index contributed by atoms with van der Waals surface area (Å²) < 4.78 is 15.1. The number of methoxy groups -OCH3 is 1. The van der Waals surface area contributed by atoms with Gasteiger partial charge in [-0.3, -0.25) is 0 Å². The van der Waals surface area contributed by atoms with Crippen LogP contribution in [-0.2, 0) is 9.47 Å². The van der Waals surface area contributed by atoms with Crippen LogP contribution in [0, 0.1) is 4.91 Å². The SMILES string of the molecule is COC(=O)c1ccc([NH+]=O)c(OC2COC2)c1. The van der Waals surface area contributed by atoms with E-state index in [2.05, 4.69) is 4.74 Å². The Morgan fingerprint density at radius 3 is 2.76 bits per heavy atom. The zero-order valence-electron chi connectivity index (χ0n) is 9.26. The number of nitroso groups, excluding NO2 is 1. The van der Waals surface area contributed by atoms with E-state index in [1.807, 2.05) is 0 Å². The van der Waals surface area contributed by atoms with Crippen molar-refractivity contribution in [1.29, 1.82) is 0 Å². The number of carbonyl (C=O) groups excluding carboxylic acids is 1. The maximum Gasteiger partial charge on any atom is 0.337 e. The highest BCUT2D eigenvalue weighted by Crippen LogP contribution is 2.24. The molecule has 1 aromatic carbocycles. The molecular weight excluding hydrogens is 226 g/mol. The molecule has 17 heavy (non-hydrogen) atoms. The summed E-state index contributed by atoms with van der Waals surface area (Å²) in [5.74, 6) is -0.145. The molecule has 1 fully saturated rings. The first-order chi connectivity index (χ1) is 8.24. The smallest absolute Gasteiger partial charge is 0.337 e. The fourth-order valence-corrected chi connectivity index (χ4v) is 1.41. The van der Waals surface area contributed by atoms with Crippen LogP contribution in [0.4, 0.5) is 5.69 Å². The highest BCUT2D eigenvalue weighted by Gasteiger charge is 2.24.